The number of hydrogen-bond donors (Lipinski definition) is 0. The van der Waals surface area contributed by atoms with Crippen LogP contribution in [0.15, 0.2) is 53.4 Å². The van der Waals surface area contributed by atoms with Crippen LogP contribution in [0.5, 0.6) is 0 Å². The van der Waals surface area contributed by atoms with Crippen molar-refractivity contribution in [2.75, 3.05) is 4.90 Å². The van der Waals surface area contributed by atoms with Gasteiger partial charge in [-0.15, -0.1) is 0 Å². The smallest absolute Gasteiger partial charge is 0.268 e. The summed E-state index contributed by atoms with van der Waals surface area (Å²) >= 11 is 6.54. The fraction of sp³-hybridized carbons (Fsp3) is 0.0588. The minimum Gasteiger partial charge on any atom is -0.268 e. The van der Waals surface area contributed by atoms with Gasteiger partial charge in [0.2, 0.25) is 0 Å². The number of anilines is 1. The number of amides is 1. The molecule has 2 nitrogen and oxygen atoms in total. The summed E-state index contributed by atoms with van der Waals surface area (Å²) < 4.78 is 13.7. The fourth-order valence-corrected chi connectivity index (χ4v) is 3.50. The first-order valence-corrected chi connectivity index (χ1v) is 7.87. The van der Waals surface area contributed by atoms with Gasteiger partial charge >= 0.3 is 0 Å². The van der Waals surface area contributed by atoms with E-state index in [1.54, 1.807) is 18.2 Å². The van der Waals surface area contributed by atoms with Crippen LogP contribution in [0.1, 0.15) is 11.1 Å². The molecule has 0 aromatic heterocycles. The molecule has 1 aliphatic heterocycles. The summed E-state index contributed by atoms with van der Waals surface area (Å²) in [6, 6.07) is 13.7. The quantitative estimate of drug-likeness (QED) is 0.596. The van der Waals surface area contributed by atoms with Crippen LogP contribution in [-0.2, 0) is 4.79 Å². The minimum atomic E-state index is -0.331. The summed E-state index contributed by atoms with van der Waals surface area (Å²) in [5.74, 6) is -0.507. The predicted octanol–water partition coefficient (Wildman–Crippen LogP) is 4.54. The summed E-state index contributed by atoms with van der Waals surface area (Å²) in [5, 5.41) is 0. The minimum absolute atomic E-state index is 0.176. The van der Waals surface area contributed by atoms with Gasteiger partial charge in [0.1, 0.15) is 5.82 Å². The summed E-state index contributed by atoms with van der Waals surface area (Å²) in [5.41, 5.74) is 2.45. The van der Waals surface area contributed by atoms with E-state index in [1.807, 2.05) is 31.2 Å². The lowest BCUT2D eigenvalue weighted by molar-refractivity contribution is -0.113. The molecule has 0 bridgehead atoms. The highest BCUT2D eigenvalue weighted by Gasteiger charge is 2.33. The van der Waals surface area contributed by atoms with Crippen LogP contribution in [0, 0.1) is 12.7 Å². The Morgan fingerprint density at radius 2 is 1.95 bits per heavy atom. The van der Waals surface area contributed by atoms with E-state index in [0.29, 0.717) is 14.8 Å². The Hall–Kier alpha value is -1.98. The largest absolute Gasteiger partial charge is 0.270 e. The first-order chi connectivity index (χ1) is 10.5. The van der Waals surface area contributed by atoms with Crippen molar-refractivity contribution in [1.29, 1.82) is 0 Å². The van der Waals surface area contributed by atoms with E-state index >= 15 is 0 Å². The molecule has 0 radical (unpaired) electrons. The molecule has 5 heteroatoms. The molecule has 3 rings (SSSR count). The first-order valence-electron chi connectivity index (χ1n) is 6.65. The van der Waals surface area contributed by atoms with Crippen LogP contribution in [0.4, 0.5) is 10.1 Å². The van der Waals surface area contributed by atoms with Crippen LogP contribution < -0.4 is 4.90 Å². The molecule has 0 N–H and O–H groups in total. The monoisotopic (exact) mass is 329 g/mol. The molecular weight excluding hydrogens is 317 g/mol. The van der Waals surface area contributed by atoms with Gasteiger partial charge < -0.3 is 0 Å². The second-order valence-electron chi connectivity index (χ2n) is 4.91. The van der Waals surface area contributed by atoms with Gasteiger partial charge in [-0.3, -0.25) is 9.69 Å². The number of aryl methyl sites for hydroxylation is 1. The molecule has 1 heterocycles. The standard InChI is InChI=1S/C17H12FNOS2/c1-11-4-2-7-14(8-11)19-16(20)15(22-17(19)21)10-12-5-3-6-13(18)9-12/h2-10H,1H3. The molecule has 22 heavy (non-hydrogen) atoms. The number of halogens is 1. The molecular formula is C17H12FNOS2. The normalized spacial score (nSPS) is 16.6. The van der Waals surface area contributed by atoms with E-state index in [4.69, 9.17) is 12.2 Å². The maximum Gasteiger partial charge on any atom is 0.270 e. The lowest BCUT2D eigenvalue weighted by Crippen LogP contribution is -2.27. The molecule has 0 aliphatic carbocycles. The third-order valence-electron chi connectivity index (χ3n) is 3.20. The third kappa shape index (κ3) is 2.96. The molecule has 1 amide bonds. The number of thiocarbonyl (C=S) groups is 1. The van der Waals surface area contributed by atoms with Gasteiger partial charge in [-0.1, -0.05) is 48.2 Å². The SMILES string of the molecule is Cc1cccc(N2C(=O)C(=Cc3cccc(F)c3)SC2=S)c1. The Kier molecular flexibility index (Phi) is 4.09. The number of benzene rings is 2. The Bertz CT molecular complexity index is 801. The molecule has 2 aromatic rings. The maximum atomic E-state index is 13.2. The number of rotatable bonds is 2. The van der Waals surface area contributed by atoms with Gasteiger partial charge in [-0.2, -0.15) is 0 Å². The highest BCUT2D eigenvalue weighted by atomic mass is 32.2. The van der Waals surface area contributed by atoms with Gasteiger partial charge in [-0.05, 0) is 48.4 Å². The van der Waals surface area contributed by atoms with Crippen LogP contribution in [0.25, 0.3) is 6.08 Å². The molecule has 110 valence electrons. The van der Waals surface area contributed by atoms with E-state index in [2.05, 4.69) is 0 Å². The van der Waals surface area contributed by atoms with Crippen molar-refractivity contribution in [2.24, 2.45) is 0 Å². The van der Waals surface area contributed by atoms with Crippen molar-refractivity contribution in [3.63, 3.8) is 0 Å². The van der Waals surface area contributed by atoms with Gasteiger partial charge in [0.15, 0.2) is 4.32 Å². The summed E-state index contributed by atoms with van der Waals surface area (Å²) in [6.07, 6.45) is 1.66. The fourth-order valence-electron chi connectivity index (χ4n) is 2.21. The topological polar surface area (TPSA) is 20.3 Å². The maximum absolute atomic E-state index is 13.2. The number of carbonyl (C=O) groups is 1. The zero-order valence-corrected chi connectivity index (χ0v) is 13.4. The van der Waals surface area contributed by atoms with Crippen molar-refractivity contribution in [1.82, 2.24) is 0 Å². The predicted molar refractivity (Wildman–Crippen MR) is 93.2 cm³/mol. The number of carbonyl (C=O) groups excluding carboxylic acids is 1. The second kappa shape index (κ2) is 6.02. The van der Waals surface area contributed by atoms with Gasteiger partial charge in [0.25, 0.3) is 5.91 Å². The summed E-state index contributed by atoms with van der Waals surface area (Å²) in [7, 11) is 0. The number of hydrogen-bond acceptors (Lipinski definition) is 3. The molecule has 0 atom stereocenters. The van der Waals surface area contributed by atoms with E-state index < -0.39 is 0 Å². The van der Waals surface area contributed by atoms with Crippen LogP contribution in [0.2, 0.25) is 0 Å². The molecule has 1 fully saturated rings. The highest BCUT2D eigenvalue weighted by molar-refractivity contribution is 8.27. The van der Waals surface area contributed by atoms with Gasteiger partial charge in [0.05, 0.1) is 10.6 Å². The van der Waals surface area contributed by atoms with Crippen LogP contribution in [-0.4, -0.2) is 10.2 Å². The van der Waals surface area contributed by atoms with E-state index in [9.17, 15) is 9.18 Å². The van der Waals surface area contributed by atoms with Crippen molar-refractivity contribution >= 4 is 46.0 Å². The highest BCUT2D eigenvalue weighted by Crippen LogP contribution is 2.36. The van der Waals surface area contributed by atoms with Crippen molar-refractivity contribution in [3.8, 4) is 0 Å². The van der Waals surface area contributed by atoms with Crippen LogP contribution >= 0.6 is 24.0 Å². The van der Waals surface area contributed by atoms with Crippen molar-refractivity contribution in [3.05, 3.63) is 70.4 Å². The van der Waals surface area contributed by atoms with Crippen LogP contribution in [0.3, 0.4) is 0 Å². The second-order valence-corrected chi connectivity index (χ2v) is 6.59. The van der Waals surface area contributed by atoms with Gasteiger partial charge in [0, 0.05) is 0 Å². The molecule has 0 saturated carbocycles. The Morgan fingerprint density at radius 3 is 2.68 bits per heavy atom. The van der Waals surface area contributed by atoms with Gasteiger partial charge in [-0.25, -0.2) is 4.39 Å². The first kappa shape index (κ1) is 14.9. The molecule has 2 aromatic carbocycles. The van der Waals surface area contributed by atoms with Crippen molar-refractivity contribution in [2.45, 2.75) is 6.92 Å². The summed E-state index contributed by atoms with van der Waals surface area (Å²) in [6.45, 7) is 1.96. The molecule has 0 spiro atoms. The Balaban J connectivity index is 1.95. The summed E-state index contributed by atoms with van der Waals surface area (Å²) in [4.78, 5) is 14.6. The average molecular weight is 329 g/mol. The van der Waals surface area contributed by atoms with E-state index in [0.717, 1.165) is 11.3 Å². The lowest BCUT2D eigenvalue weighted by atomic mass is 10.2. The third-order valence-corrected chi connectivity index (χ3v) is 4.50. The number of thioether (sulfide) groups is 1. The lowest BCUT2D eigenvalue weighted by Gasteiger charge is -2.14. The Morgan fingerprint density at radius 1 is 1.18 bits per heavy atom. The zero-order valence-electron chi connectivity index (χ0n) is 11.7. The molecule has 0 unspecified atom stereocenters. The average Bonchev–Trinajstić information content (AvgIpc) is 2.73. The van der Waals surface area contributed by atoms with E-state index in [1.165, 1.54) is 28.8 Å². The van der Waals surface area contributed by atoms with Crippen molar-refractivity contribution < 1.29 is 9.18 Å². The zero-order chi connectivity index (χ0) is 15.7. The van der Waals surface area contributed by atoms with E-state index in [-0.39, 0.29) is 11.7 Å². The Labute approximate surface area is 137 Å². The number of nitrogens with zero attached hydrogens (tertiary/aromatic N) is 1. The molecule has 1 saturated heterocycles. The molecule has 1 aliphatic rings.